The molecule has 1 aromatic carbocycles. The van der Waals surface area contributed by atoms with Gasteiger partial charge in [-0.1, -0.05) is 0 Å². The van der Waals surface area contributed by atoms with Gasteiger partial charge in [-0.3, -0.25) is 29.4 Å². The van der Waals surface area contributed by atoms with E-state index in [1.165, 1.54) is 0 Å². The molecule has 27 heavy (non-hydrogen) atoms. The molecule has 1 unspecified atom stereocenters. The normalized spacial score (nSPS) is 23.3. The highest BCUT2D eigenvalue weighted by Gasteiger charge is 2.44. The van der Waals surface area contributed by atoms with E-state index in [4.69, 9.17) is 6.42 Å². The molecule has 3 aliphatic rings. The number of piperidine rings is 2. The van der Waals surface area contributed by atoms with Crippen molar-refractivity contribution >= 4 is 29.3 Å². The van der Waals surface area contributed by atoms with Crippen molar-refractivity contribution < 1.29 is 19.2 Å². The molecule has 4 rings (SSSR count). The van der Waals surface area contributed by atoms with Crippen LogP contribution in [0, 0.1) is 18.3 Å². The Balaban J connectivity index is 1.58. The number of benzene rings is 1. The van der Waals surface area contributed by atoms with Gasteiger partial charge in [-0.05, 0) is 37.5 Å². The second-order valence-electron chi connectivity index (χ2n) is 7.11. The third-order valence-electron chi connectivity index (χ3n) is 5.52. The SMILES string of the molecule is C#CC1CCN(c2ccc3c(c2)C(=O)N(C2CCC(=O)NC2=O)C3=O)CC1. The lowest BCUT2D eigenvalue weighted by atomic mass is 9.97. The van der Waals surface area contributed by atoms with Gasteiger partial charge in [0.1, 0.15) is 6.04 Å². The smallest absolute Gasteiger partial charge is 0.262 e. The molecule has 1 atom stereocenters. The number of carbonyl (C=O) groups excluding carboxylic acids is 4. The number of nitrogens with zero attached hydrogens (tertiary/aromatic N) is 2. The third-order valence-corrected chi connectivity index (χ3v) is 5.52. The molecule has 0 saturated carbocycles. The zero-order valence-corrected chi connectivity index (χ0v) is 14.7. The second-order valence-corrected chi connectivity index (χ2v) is 7.11. The average molecular weight is 365 g/mol. The lowest BCUT2D eigenvalue weighted by Crippen LogP contribution is -2.54. The summed E-state index contributed by atoms with van der Waals surface area (Å²) in [7, 11) is 0. The fourth-order valence-electron chi connectivity index (χ4n) is 3.96. The number of carbonyl (C=O) groups is 4. The van der Waals surface area contributed by atoms with Crippen molar-refractivity contribution in [2.45, 2.75) is 31.7 Å². The van der Waals surface area contributed by atoms with Gasteiger partial charge in [0.05, 0.1) is 11.1 Å². The fourth-order valence-corrected chi connectivity index (χ4v) is 3.96. The minimum Gasteiger partial charge on any atom is -0.371 e. The largest absolute Gasteiger partial charge is 0.371 e. The standard InChI is InChI=1S/C20H19N3O4/c1-2-12-7-9-22(10-8-12)13-3-4-14-15(11-13)20(27)23(19(14)26)16-5-6-17(24)21-18(16)25/h1,3-4,11-12,16H,5-10H2,(H,21,24,25). The van der Waals surface area contributed by atoms with E-state index in [0.29, 0.717) is 11.1 Å². The van der Waals surface area contributed by atoms with Gasteiger partial charge in [0.25, 0.3) is 11.8 Å². The lowest BCUT2D eigenvalue weighted by Gasteiger charge is -2.31. The molecule has 2 fully saturated rings. The number of hydrogen-bond acceptors (Lipinski definition) is 5. The molecule has 4 amide bonds. The summed E-state index contributed by atoms with van der Waals surface area (Å²) < 4.78 is 0. The number of terminal acetylenes is 1. The van der Waals surface area contributed by atoms with E-state index >= 15 is 0 Å². The Morgan fingerprint density at radius 3 is 2.37 bits per heavy atom. The van der Waals surface area contributed by atoms with Gasteiger partial charge in [-0.25, -0.2) is 0 Å². The van der Waals surface area contributed by atoms with Crippen LogP contribution in [0.4, 0.5) is 5.69 Å². The average Bonchev–Trinajstić information content (AvgIpc) is 2.92. The number of fused-ring (bicyclic) bond motifs is 1. The molecule has 7 nitrogen and oxygen atoms in total. The van der Waals surface area contributed by atoms with Gasteiger partial charge in [0.15, 0.2) is 0 Å². The van der Waals surface area contributed by atoms with E-state index in [0.717, 1.165) is 36.5 Å². The molecule has 1 aromatic rings. The molecule has 0 spiro atoms. The van der Waals surface area contributed by atoms with E-state index in [-0.39, 0.29) is 24.7 Å². The van der Waals surface area contributed by atoms with E-state index in [1.807, 2.05) is 6.07 Å². The van der Waals surface area contributed by atoms with Crippen LogP contribution in [0.25, 0.3) is 0 Å². The zero-order chi connectivity index (χ0) is 19.1. The summed E-state index contributed by atoms with van der Waals surface area (Å²) in [5.74, 6) is 1.12. The van der Waals surface area contributed by atoms with Crippen molar-refractivity contribution in [3.05, 3.63) is 29.3 Å². The molecule has 3 aliphatic heterocycles. The molecular formula is C20H19N3O4. The summed E-state index contributed by atoms with van der Waals surface area (Å²) in [5.41, 5.74) is 1.48. The summed E-state index contributed by atoms with van der Waals surface area (Å²) in [4.78, 5) is 52.2. The van der Waals surface area contributed by atoms with Crippen LogP contribution in [0.15, 0.2) is 18.2 Å². The maximum atomic E-state index is 12.9. The monoisotopic (exact) mass is 365 g/mol. The lowest BCUT2D eigenvalue weighted by molar-refractivity contribution is -0.136. The van der Waals surface area contributed by atoms with Gasteiger partial charge in [0, 0.05) is 31.1 Å². The van der Waals surface area contributed by atoms with Crippen molar-refractivity contribution in [3.8, 4) is 12.3 Å². The minimum atomic E-state index is -0.940. The van der Waals surface area contributed by atoms with E-state index in [1.54, 1.807) is 12.1 Å². The Labute approximate surface area is 156 Å². The van der Waals surface area contributed by atoms with Crippen molar-refractivity contribution in [2.24, 2.45) is 5.92 Å². The van der Waals surface area contributed by atoms with Gasteiger partial charge < -0.3 is 4.90 Å². The number of imide groups is 2. The zero-order valence-electron chi connectivity index (χ0n) is 14.7. The summed E-state index contributed by atoms with van der Waals surface area (Å²) in [5, 5.41) is 2.20. The highest BCUT2D eigenvalue weighted by atomic mass is 16.2. The summed E-state index contributed by atoms with van der Waals surface area (Å²) in [6, 6.07) is 4.25. The Kier molecular flexibility index (Phi) is 4.19. The predicted molar refractivity (Wildman–Crippen MR) is 96.9 cm³/mol. The first-order chi connectivity index (χ1) is 13.0. The number of anilines is 1. The number of hydrogen-bond donors (Lipinski definition) is 1. The summed E-state index contributed by atoms with van der Waals surface area (Å²) in [6.07, 6.45) is 7.54. The molecule has 0 bridgehead atoms. The molecule has 0 aliphatic carbocycles. The Morgan fingerprint density at radius 2 is 1.70 bits per heavy atom. The van der Waals surface area contributed by atoms with Crippen molar-refractivity contribution in [2.75, 3.05) is 18.0 Å². The fraction of sp³-hybridized carbons (Fsp3) is 0.400. The number of nitrogens with one attached hydrogen (secondary N) is 1. The van der Waals surface area contributed by atoms with Crippen LogP contribution in [0.5, 0.6) is 0 Å². The van der Waals surface area contributed by atoms with E-state index in [9.17, 15) is 19.2 Å². The van der Waals surface area contributed by atoms with Gasteiger partial charge in [-0.2, -0.15) is 0 Å². The van der Waals surface area contributed by atoms with Crippen LogP contribution in [0.2, 0.25) is 0 Å². The van der Waals surface area contributed by atoms with Crippen LogP contribution in [-0.4, -0.2) is 47.7 Å². The molecule has 1 N–H and O–H groups in total. The van der Waals surface area contributed by atoms with Gasteiger partial charge in [-0.15, -0.1) is 12.3 Å². The Morgan fingerprint density at radius 1 is 1.00 bits per heavy atom. The topological polar surface area (TPSA) is 86.8 Å². The molecule has 138 valence electrons. The van der Waals surface area contributed by atoms with Crippen LogP contribution >= 0.6 is 0 Å². The first kappa shape index (κ1) is 17.3. The quantitative estimate of drug-likeness (QED) is 0.623. The Bertz CT molecular complexity index is 893. The molecular weight excluding hydrogens is 346 g/mol. The van der Waals surface area contributed by atoms with Crippen LogP contribution in [-0.2, 0) is 9.59 Å². The van der Waals surface area contributed by atoms with Crippen LogP contribution in [0.1, 0.15) is 46.4 Å². The van der Waals surface area contributed by atoms with E-state index < -0.39 is 23.8 Å². The second kappa shape index (κ2) is 6.54. The first-order valence-electron chi connectivity index (χ1n) is 9.06. The van der Waals surface area contributed by atoms with Gasteiger partial charge >= 0.3 is 0 Å². The summed E-state index contributed by atoms with van der Waals surface area (Å²) >= 11 is 0. The maximum absolute atomic E-state index is 12.9. The highest BCUT2D eigenvalue weighted by Crippen LogP contribution is 2.32. The molecule has 0 radical (unpaired) electrons. The first-order valence-corrected chi connectivity index (χ1v) is 9.06. The Hall–Kier alpha value is -3.14. The van der Waals surface area contributed by atoms with Crippen LogP contribution in [0.3, 0.4) is 0 Å². The molecule has 0 aromatic heterocycles. The van der Waals surface area contributed by atoms with Crippen molar-refractivity contribution in [3.63, 3.8) is 0 Å². The predicted octanol–water partition coefficient (Wildman–Crippen LogP) is 0.937. The van der Waals surface area contributed by atoms with Gasteiger partial charge in [0.2, 0.25) is 11.8 Å². The molecule has 2 saturated heterocycles. The maximum Gasteiger partial charge on any atom is 0.262 e. The van der Waals surface area contributed by atoms with Crippen LogP contribution < -0.4 is 10.2 Å². The van der Waals surface area contributed by atoms with Crippen molar-refractivity contribution in [1.82, 2.24) is 10.2 Å². The minimum absolute atomic E-state index is 0.110. The highest BCUT2D eigenvalue weighted by molar-refractivity contribution is 6.23. The van der Waals surface area contributed by atoms with E-state index in [2.05, 4.69) is 16.1 Å². The number of amides is 4. The third kappa shape index (κ3) is 2.87. The number of rotatable bonds is 2. The molecule has 7 heteroatoms. The van der Waals surface area contributed by atoms with Crippen molar-refractivity contribution in [1.29, 1.82) is 0 Å². The summed E-state index contributed by atoms with van der Waals surface area (Å²) in [6.45, 7) is 1.60. The molecule has 3 heterocycles.